The number of aryl methyl sites for hydroxylation is 1. The number of anilines is 1. The van der Waals surface area contributed by atoms with E-state index in [9.17, 15) is 14.9 Å². The second kappa shape index (κ2) is 7.46. The number of carbonyl (C=O) groups excluding carboxylic acids is 1. The maximum absolute atomic E-state index is 11.7. The summed E-state index contributed by atoms with van der Waals surface area (Å²) in [6.45, 7) is 0.457. The minimum atomic E-state index is -0.507. The zero-order valence-corrected chi connectivity index (χ0v) is 12.7. The van der Waals surface area contributed by atoms with Gasteiger partial charge in [0.2, 0.25) is 0 Å². The van der Waals surface area contributed by atoms with Crippen molar-refractivity contribution in [2.75, 3.05) is 17.6 Å². The van der Waals surface area contributed by atoms with Gasteiger partial charge in [0.1, 0.15) is 0 Å². The summed E-state index contributed by atoms with van der Waals surface area (Å²) < 4.78 is 1.90. The predicted octanol–water partition coefficient (Wildman–Crippen LogP) is 2.24. The molecule has 1 heterocycles. The van der Waals surface area contributed by atoms with Gasteiger partial charge in [-0.05, 0) is 6.07 Å². The van der Waals surface area contributed by atoms with Gasteiger partial charge in [0.15, 0.2) is 5.16 Å². The normalized spacial score (nSPS) is 10.2. The van der Waals surface area contributed by atoms with Crippen LogP contribution in [0.5, 0.6) is 0 Å². The van der Waals surface area contributed by atoms with Crippen LogP contribution in [0, 0.1) is 10.1 Å². The second-order valence-corrected chi connectivity index (χ2v) is 5.42. The van der Waals surface area contributed by atoms with Gasteiger partial charge in [-0.1, -0.05) is 17.8 Å². The second-order valence-electron chi connectivity index (χ2n) is 4.36. The van der Waals surface area contributed by atoms with Crippen LogP contribution in [0.15, 0.2) is 41.8 Å². The van der Waals surface area contributed by atoms with Crippen LogP contribution >= 0.6 is 11.8 Å². The third kappa shape index (κ3) is 4.48. The summed E-state index contributed by atoms with van der Waals surface area (Å²) >= 11 is 1.53. The highest BCUT2D eigenvalue weighted by molar-refractivity contribution is 7.99. The van der Waals surface area contributed by atoms with Crippen LogP contribution < -0.4 is 10.6 Å². The first-order chi connectivity index (χ1) is 10.6. The van der Waals surface area contributed by atoms with Crippen molar-refractivity contribution in [3.8, 4) is 0 Å². The van der Waals surface area contributed by atoms with E-state index in [1.807, 2.05) is 17.8 Å². The molecular weight excluding hydrogens is 306 g/mol. The fraction of sp³-hybridized carbons (Fsp3) is 0.231. The van der Waals surface area contributed by atoms with Gasteiger partial charge < -0.3 is 15.2 Å². The summed E-state index contributed by atoms with van der Waals surface area (Å²) in [6, 6.07) is 5.38. The van der Waals surface area contributed by atoms with Crippen LogP contribution in [0.2, 0.25) is 0 Å². The molecule has 0 saturated carbocycles. The fourth-order valence-corrected chi connectivity index (χ4v) is 2.46. The number of benzene rings is 1. The molecule has 0 fully saturated rings. The highest BCUT2D eigenvalue weighted by atomic mass is 32.2. The molecule has 0 aliphatic rings. The first-order valence-corrected chi connectivity index (χ1v) is 7.44. The molecule has 2 aromatic rings. The summed E-state index contributed by atoms with van der Waals surface area (Å²) in [5.41, 5.74) is 0.312. The van der Waals surface area contributed by atoms with Crippen LogP contribution in [-0.2, 0) is 7.05 Å². The molecule has 9 heteroatoms. The number of hydrogen-bond acceptors (Lipinski definition) is 5. The minimum Gasteiger partial charge on any atom is -0.337 e. The number of nitro benzene ring substituents is 1. The summed E-state index contributed by atoms with van der Waals surface area (Å²) in [6.07, 6.45) is 3.57. The number of rotatable bonds is 6. The van der Waals surface area contributed by atoms with E-state index in [2.05, 4.69) is 15.6 Å². The Labute approximate surface area is 131 Å². The Hall–Kier alpha value is -2.55. The van der Waals surface area contributed by atoms with E-state index in [0.717, 1.165) is 5.16 Å². The smallest absolute Gasteiger partial charge is 0.319 e. The number of aromatic nitrogens is 2. The number of hydrogen-bond donors (Lipinski definition) is 2. The zero-order valence-electron chi connectivity index (χ0n) is 11.9. The van der Waals surface area contributed by atoms with E-state index in [0.29, 0.717) is 18.0 Å². The van der Waals surface area contributed by atoms with E-state index < -0.39 is 11.0 Å². The molecule has 2 rings (SSSR count). The Morgan fingerprint density at radius 2 is 2.32 bits per heavy atom. The van der Waals surface area contributed by atoms with Crippen LogP contribution in [0.3, 0.4) is 0 Å². The zero-order chi connectivity index (χ0) is 15.9. The van der Waals surface area contributed by atoms with Gasteiger partial charge in [0, 0.05) is 49.6 Å². The molecule has 2 amide bonds. The van der Waals surface area contributed by atoms with Gasteiger partial charge in [-0.3, -0.25) is 10.1 Å². The highest BCUT2D eigenvalue weighted by Crippen LogP contribution is 2.17. The van der Waals surface area contributed by atoms with Crippen molar-refractivity contribution in [2.24, 2.45) is 7.05 Å². The van der Waals surface area contributed by atoms with Crippen LogP contribution in [-0.4, -0.2) is 32.8 Å². The molecule has 0 unspecified atom stereocenters. The van der Waals surface area contributed by atoms with Crippen molar-refractivity contribution in [1.82, 2.24) is 14.9 Å². The maximum Gasteiger partial charge on any atom is 0.319 e. The quantitative estimate of drug-likeness (QED) is 0.368. The number of urea groups is 1. The number of thioether (sulfide) groups is 1. The number of amides is 2. The van der Waals surface area contributed by atoms with Gasteiger partial charge in [0.05, 0.1) is 4.92 Å². The molecule has 8 nitrogen and oxygen atoms in total. The van der Waals surface area contributed by atoms with Crippen molar-refractivity contribution in [3.05, 3.63) is 46.8 Å². The summed E-state index contributed by atoms with van der Waals surface area (Å²) in [4.78, 5) is 26.0. The molecule has 0 atom stereocenters. The molecule has 0 aliphatic heterocycles. The number of carbonyl (C=O) groups is 1. The summed E-state index contributed by atoms with van der Waals surface area (Å²) in [5, 5.41) is 16.8. The van der Waals surface area contributed by atoms with Gasteiger partial charge in [-0.15, -0.1) is 0 Å². The molecular formula is C13H15N5O3S. The lowest BCUT2D eigenvalue weighted by atomic mass is 10.3. The third-order valence-corrected chi connectivity index (χ3v) is 3.77. The molecule has 2 N–H and O–H groups in total. The molecule has 0 saturated heterocycles. The lowest BCUT2D eigenvalue weighted by Crippen LogP contribution is -2.30. The standard InChI is InChI=1S/C13H15N5O3S/c1-17-7-5-15-13(17)22-8-6-14-12(19)16-10-3-2-4-11(9-10)18(20)21/h2-5,7,9H,6,8H2,1H3,(H2,14,16,19). The van der Waals surface area contributed by atoms with E-state index in [1.54, 1.807) is 12.3 Å². The lowest BCUT2D eigenvalue weighted by Gasteiger charge is -2.07. The molecule has 1 aromatic carbocycles. The third-order valence-electron chi connectivity index (χ3n) is 2.71. The van der Waals surface area contributed by atoms with E-state index in [4.69, 9.17) is 0 Å². The number of nitro groups is 1. The van der Waals surface area contributed by atoms with Crippen molar-refractivity contribution in [1.29, 1.82) is 0 Å². The largest absolute Gasteiger partial charge is 0.337 e. The highest BCUT2D eigenvalue weighted by Gasteiger charge is 2.08. The van der Waals surface area contributed by atoms with Crippen molar-refractivity contribution < 1.29 is 9.72 Å². The monoisotopic (exact) mass is 321 g/mol. The average molecular weight is 321 g/mol. The molecule has 1 aromatic heterocycles. The average Bonchev–Trinajstić information content (AvgIpc) is 2.89. The Kier molecular flexibility index (Phi) is 5.37. The summed E-state index contributed by atoms with van der Waals surface area (Å²) in [7, 11) is 1.90. The van der Waals surface area contributed by atoms with Crippen molar-refractivity contribution in [2.45, 2.75) is 5.16 Å². The SMILES string of the molecule is Cn1ccnc1SCCNC(=O)Nc1cccc([N+](=O)[O-])c1. The first kappa shape index (κ1) is 15.8. The van der Waals surface area contributed by atoms with Gasteiger partial charge in [-0.2, -0.15) is 0 Å². The number of imidazole rings is 1. The van der Waals surface area contributed by atoms with E-state index in [-0.39, 0.29) is 5.69 Å². The fourth-order valence-electron chi connectivity index (χ4n) is 1.67. The minimum absolute atomic E-state index is 0.0665. The molecule has 0 radical (unpaired) electrons. The topological polar surface area (TPSA) is 102 Å². The molecule has 0 spiro atoms. The predicted molar refractivity (Wildman–Crippen MR) is 84.0 cm³/mol. The number of non-ortho nitro benzene ring substituents is 1. The lowest BCUT2D eigenvalue weighted by molar-refractivity contribution is -0.384. The molecule has 0 aliphatic carbocycles. The van der Waals surface area contributed by atoms with Crippen LogP contribution in [0.1, 0.15) is 0 Å². The molecule has 22 heavy (non-hydrogen) atoms. The van der Waals surface area contributed by atoms with Crippen LogP contribution in [0.25, 0.3) is 0 Å². The Morgan fingerprint density at radius 3 is 3.00 bits per heavy atom. The van der Waals surface area contributed by atoms with Gasteiger partial charge in [-0.25, -0.2) is 9.78 Å². The number of nitrogens with zero attached hydrogens (tertiary/aromatic N) is 3. The van der Waals surface area contributed by atoms with E-state index >= 15 is 0 Å². The van der Waals surface area contributed by atoms with Crippen LogP contribution in [0.4, 0.5) is 16.2 Å². The summed E-state index contributed by atoms with van der Waals surface area (Å²) in [5.74, 6) is 0.674. The maximum atomic E-state index is 11.7. The Morgan fingerprint density at radius 1 is 1.50 bits per heavy atom. The van der Waals surface area contributed by atoms with E-state index in [1.165, 1.54) is 30.0 Å². The first-order valence-electron chi connectivity index (χ1n) is 6.45. The molecule has 116 valence electrons. The number of nitrogens with one attached hydrogen (secondary N) is 2. The Bertz CT molecular complexity index is 673. The Balaban J connectivity index is 1.75. The van der Waals surface area contributed by atoms with Gasteiger partial charge in [0.25, 0.3) is 5.69 Å². The van der Waals surface area contributed by atoms with Crippen molar-refractivity contribution >= 4 is 29.2 Å². The van der Waals surface area contributed by atoms with Crippen molar-refractivity contribution in [3.63, 3.8) is 0 Å². The van der Waals surface area contributed by atoms with Gasteiger partial charge >= 0.3 is 6.03 Å². The molecule has 0 bridgehead atoms.